The molecule has 2 aliphatic rings. The molecule has 0 atom stereocenters. The minimum absolute atomic E-state index is 0.512. The summed E-state index contributed by atoms with van der Waals surface area (Å²) in [7, 11) is 1.83. The smallest absolute Gasteiger partial charge is 0.0572 e. The summed E-state index contributed by atoms with van der Waals surface area (Å²) in [4.78, 5) is 2.47. The molecular weight excluding hydrogens is 176 g/mol. The number of methoxy groups -OCH3 is 1. The van der Waals surface area contributed by atoms with Gasteiger partial charge < -0.3 is 15.0 Å². The monoisotopic (exact) mass is 196 g/mol. The Balaban J connectivity index is 1.82. The Hall–Kier alpha value is -0.700. The molecule has 0 radical (unpaired) electrons. The van der Waals surface area contributed by atoms with Crippen molar-refractivity contribution in [3.05, 3.63) is 12.4 Å². The van der Waals surface area contributed by atoms with E-state index in [0.29, 0.717) is 6.10 Å². The van der Waals surface area contributed by atoms with Crippen LogP contribution >= 0.6 is 0 Å². The molecule has 1 N–H and O–H groups in total. The van der Waals surface area contributed by atoms with Crippen LogP contribution < -0.4 is 5.32 Å². The van der Waals surface area contributed by atoms with Crippen LogP contribution in [-0.4, -0.2) is 37.2 Å². The largest absolute Gasteiger partial charge is 0.388 e. The summed E-state index contributed by atoms with van der Waals surface area (Å²) in [6.45, 7) is 2.24. The normalized spacial score (nSPS) is 32.8. The van der Waals surface area contributed by atoms with Gasteiger partial charge in [0.1, 0.15) is 0 Å². The summed E-state index contributed by atoms with van der Waals surface area (Å²) < 4.78 is 5.38. The van der Waals surface area contributed by atoms with E-state index >= 15 is 0 Å². The van der Waals surface area contributed by atoms with E-state index in [2.05, 4.69) is 22.6 Å². The zero-order valence-corrected chi connectivity index (χ0v) is 8.91. The Kier molecular flexibility index (Phi) is 3.30. The molecule has 1 aliphatic carbocycles. The minimum Gasteiger partial charge on any atom is -0.388 e. The fraction of sp³-hybridized carbons (Fsp3) is 0.818. The summed E-state index contributed by atoms with van der Waals surface area (Å²) in [6, 6.07) is 0.750. The lowest BCUT2D eigenvalue weighted by Gasteiger charge is -2.37. The number of rotatable bonds is 2. The zero-order valence-electron chi connectivity index (χ0n) is 8.91. The van der Waals surface area contributed by atoms with Gasteiger partial charge in [0.25, 0.3) is 0 Å². The summed E-state index contributed by atoms with van der Waals surface area (Å²) in [5.74, 6) is 0. The van der Waals surface area contributed by atoms with Crippen LogP contribution in [0.3, 0.4) is 0 Å². The highest BCUT2D eigenvalue weighted by atomic mass is 16.5. The van der Waals surface area contributed by atoms with Crippen LogP contribution in [0.5, 0.6) is 0 Å². The molecule has 80 valence electrons. The van der Waals surface area contributed by atoms with E-state index in [1.165, 1.54) is 25.7 Å². The molecule has 1 saturated carbocycles. The van der Waals surface area contributed by atoms with E-state index < -0.39 is 0 Å². The van der Waals surface area contributed by atoms with E-state index in [1.54, 1.807) is 0 Å². The van der Waals surface area contributed by atoms with E-state index in [4.69, 9.17) is 4.74 Å². The lowest BCUT2D eigenvalue weighted by atomic mass is 9.92. The third-order valence-corrected chi connectivity index (χ3v) is 3.34. The maximum Gasteiger partial charge on any atom is 0.0572 e. The second kappa shape index (κ2) is 4.69. The topological polar surface area (TPSA) is 24.5 Å². The Morgan fingerprint density at radius 2 is 2.07 bits per heavy atom. The molecular formula is C11H20N2O. The van der Waals surface area contributed by atoms with Crippen LogP contribution in [0.4, 0.5) is 0 Å². The number of hydrogen-bond acceptors (Lipinski definition) is 3. The Morgan fingerprint density at radius 3 is 2.64 bits per heavy atom. The van der Waals surface area contributed by atoms with Crippen molar-refractivity contribution >= 4 is 0 Å². The summed E-state index contributed by atoms with van der Waals surface area (Å²) in [6.07, 6.45) is 9.77. The van der Waals surface area contributed by atoms with Gasteiger partial charge in [-0.3, -0.25) is 0 Å². The maximum absolute atomic E-state index is 5.38. The van der Waals surface area contributed by atoms with Crippen molar-refractivity contribution < 1.29 is 4.74 Å². The van der Waals surface area contributed by atoms with Crippen LogP contribution in [0, 0.1) is 0 Å². The molecule has 1 aliphatic heterocycles. The first-order chi connectivity index (χ1) is 6.90. The van der Waals surface area contributed by atoms with E-state index in [-0.39, 0.29) is 0 Å². The Labute approximate surface area is 86.1 Å². The highest BCUT2D eigenvalue weighted by Gasteiger charge is 2.24. The van der Waals surface area contributed by atoms with Crippen LogP contribution in [0.2, 0.25) is 0 Å². The van der Waals surface area contributed by atoms with Crippen molar-refractivity contribution in [2.24, 2.45) is 0 Å². The van der Waals surface area contributed by atoms with E-state index in [1.807, 2.05) is 7.11 Å². The van der Waals surface area contributed by atoms with Gasteiger partial charge in [0.2, 0.25) is 0 Å². The standard InChI is InChI=1S/C11H20N2O/c1-14-11-4-2-10(3-5-11)13-8-6-12-7-9-13/h6,8,10-12H,2-5,7,9H2,1H3/t10-,11-. The summed E-state index contributed by atoms with van der Waals surface area (Å²) >= 11 is 0. The molecule has 3 heteroatoms. The lowest BCUT2D eigenvalue weighted by molar-refractivity contribution is 0.0474. The van der Waals surface area contributed by atoms with Gasteiger partial charge in [-0.25, -0.2) is 0 Å². The molecule has 0 bridgehead atoms. The SMILES string of the molecule is CO[C@H]1CC[C@H](N2C=CNCC2)CC1. The number of ether oxygens (including phenoxy) is 1. The number of hydrogen-bond donors (Lipinski definition) is 1. The van der Waals surface area contributed by atoms with Gasteiger partial charge in [-0.15, -0.1) is 0 Å². The van der Waals surface area contributed by atoms with Crippen LogP contribution in [0.15, 0.2) is 12.4 Å². The van der Waals surface area contributed by atoms with E-state index in [9.17, 15) is 0 Å². The molecule has 0 aromatic rings. The van der Waals surface area contributed by atoms with Crippen LogP contribution in [-0.2, 0) is 4.74 Å². The number of nitrogens with one attached hydrogen (secondary N) is 1. The second-order valence-electron chi connectivity index (χ2n) is 4.17. The lowest BCUT2D eigenvalue weighted by Crippen LogP contribution is -2.41. The average molecular weight is 196 g/mol. The van der Waals surface area contributed by atoms with Gasteiger partial charge in [0.05, 0.1) is 6.10 Å². The van der Waals surface area contributed by atoms with Crippen LogP contribution in [0.1, 0.15) is 25.7 Å². The van der Waals surface area contributed by atoms with Crippen molar-refractivity contribution in [3.8, 4) is 0 Å². The predicted molar refractivity (Wildman–Crippen MR) is 56.9 cm³/mol. The fourth-order valence-electron chi connectivity index (χ4n) is 2.42. The molecule has 1 heterocycles. The summed E-state index contributed by atoms with van der Waals surface area (Å²) in [5.41, 5.74) is 0. The van der Waals surface area contributed by atoms with Crippen LogP contribution in [0.25, 0.3) is 0 Å². The Morgan fingerprint density at radius 1 is 1.29 bits per heavy atom. The molecule has 0 spiro atoms. The fourth-order valence-corrected chi connectivity index (χ4v) is 2.42. The third kappa shape index (κ3) is 2.21. The zero-order chi connectivity index (χ0) is 9.80. The Bertz CT molecular complexity index is 197. The number of nitrogens with zero attached hydrogens (tertiary/aromatic N) is 1. The third-order valence-electron chi connectivity index (χ3n) is 3.34. The van der Waals surface area contributed by atoms with Crippen molar-refractivity contribution in [2.45, 2.75) is 37.8 Å². The molecule has 0 amide bonds. The van der Waals surface area contributed by atoms with Gasteiger partial charge in [-0.2, -0.15) is 0 Å². The van der Waals surface area contributed by atoms with E-state index in [0.717, 1.165) is 19.1 Å². The highest BCUT2D eigenvalue weighted by Crippen LogP contribution is 2.25. The van der Waals surface area contributed by atoms with Crippen molar-refractivity contribution in [3.63, 3.8) is 0 Å². The quantitative estimate of drug-likeness (QED) is 0.721. The average Bonchev–Trinajstić information content (AvgIpc) is 2.30. The molecule has 0 saturated heterocycles. The first-order valence-corrected chi connectivity index (χ1v) is 5.59. The molecule has 1 fully saturated rings. The predicted octanol–water partition coefficient (Wildman–Crippen LogP) is 1.32. The van der Waals surface area contributed by atoms with Gasteiger partial charge in [0.15, 0.2) is 0 Å². The van der Waals surface area contributed by atoms with Gasteiger partial charge in [-0.1, -0.05) is 0 Å². The molecule has 3 nitrogen and oxygen atoms in total. The highest BCUT2D eigenvalue weighted by molar-refractivity contribution is 4.92. The molecule has 0 aromatic heterocycles. The summed E-state index contributed by atoms with van der Waals surface area (Å²) in [5, 5.41) is 3.23. The minimum atomic E-state index is 0.512. The van der Waals surface area contributed by atoms with Crippen molar-refractivity contribution in [1.82, 2.24) is 10.2 Å². The second-order valence-corrected chi connectivity index (χ2v) is 4.17. The van der Waals surface area contributed by atoms with Gasteiger partial charge in [0, 0.05) is 38.6 Å². The van der Waals surface area contributed by atoms with Gasteiger partial charge in [-0.05, 0) is 25.7 Å². The molecule has 14 heavy (non-hydrogen) atoms. The molecule has 2 rings (SSSR count). The van der Waals surface area contributed by atoms with Gasteiger partial charge >= 0.3 is 0 Å². The molecule has 0 aromatic carbocycles. The van der Waals surface area contributed by atoms with Crippen molar-refractivity contribution in [1.29, 1.82) is 0 Å². The maximum atomic E-state index is 5.38. The van der Waals surface area contributed by atoms with Crippen molar-refractivity contribution in [2.75, 3.05) is 20.2 Å². The molecule has 0 unspecified atom stereocenters. The first kappa shape index (κ1) is 9.84. The first-order valence-electron chi connectivity index (χ1n) is 5.59.